The number of β-amino-alcohol motifs (C(OH)–C–C–N with tert-alkyl or cyclic N) is 1. The minimum absolute atomic E-state index is 0.149. The van der Waals surface area contributed by atoms with Crippen molar-refractivity contribution in [2.45, 2.75) is 18.6 Å². The Hall–Kier alpha value is -2.66. The fourth-order valence-electron chi connectivity index (χ4n) is 3.41. The lowest BCUT2D eigenvalue weighted by Crippen LogP contribution is -2.31. The molecule has 5 heteroatoms. The highest BCUT2D eigenvalue weighted by Crippen LogP contribution is 2.33. The molecule has 0 aliphatic carbocycles. The third-order valence-corrected chi connectivity index (χ3v) is 4.52. The van der Waals surface area contributed by atoms with E-state index in [4.69, 9.17) is 0 Å². The Morgan fingerprint density at radius 2 is 2.04 bits per heavy atom. The van der Waals surface area contributed by atoms with Crippen LogP contribution in [0.5, 0.6) is 0 Å². The number of rotatable bonds is 2. The highest BCUT2D eigenvalue weighted by Gasteiger charge is 2.36. The first-order valence-corrected chi connectivity index (χ1v) is 7.93. The van der Waals surface area contributed by atoms with Crippen molar-refractivity contribution in [3.8, 4) is 0 Å². The largest absolute Gasteiger partial charge is 0.391 e. The van der Waals surface area contributed by atoms with Gasteiger partial charge in [-0.2, -0.15) is 0 Å². The zero-order chi connectivity index (χ0) is 16.7. The molecule has 0 bridgehead atoms. The number of aliphatic hydroxyl groups is 1. The summed E-state index contributed by atoms with van der Waals surface area (Å²) in [5.41, 5.74) is 2.21. The predicted molar refractivity (Wildman–Crippen MR) is 88.2 cm³/mol. The summed E-state index contributed by atoms with van der Waals surface area (Å²) in [6.07, 6.45) is 3.49. The number of fused-ring (bicyclic) bond motifs is 1. The lowest BCUT2D eigenvalue weighted by molar-refractivity contribution is 0.0715. The second-order valence-electron chi connectivity index (χ2n) is 6.18. The molecule has 1 saturated heterocycles. The SMILES string of the molecule is O=C(c1cc2ccccn2c1)N1C[C@@H](O)C[C@@H]1c1cccc(F)c1. The van der Waals surface area contributed by atoms with Gasteiger partial charge in [0.25, 0.3) is 5.91 Å². The topological polar surface area (TPSA) is 45.0 Å². The average molecular weight is 324 g/mol. The molecule has 1 N–H and O–H groups in total. The number of amides is 1. The molecule has 122 valence electrons. The van der Waals surface area contributed by atoms with Crippen LogP contribution in [0.3, 0.4) is 0 Å². The number of aliphatic hydroxyl groups excluding tert-OH is 1. The van der Waals surface area contributed by atoms with Gasteiger partial charge in [-0.25, -0.2) is 4.39 Å². The average Bonchev–Trinajstić information content (AvgIpc) is 3.17. The van der Waals surface area contributed by atoms with E-state index in [0.29, 0.717) is 17.5 Å². The molecule has 3 heterocycles. The second kappa shape index (κ2) is 5.76. The van der Waals surface area contributed by atoms with Crippen LogP contribution in [0.15, 0.2) is 60.9 Å². The first-order valence-electron chi connectivity index (χ1n) is 7.93. The molecule has 4 nitrogen and oxygen atoms in total. The molecule has 3 aromatic rings. The molecular formula is C19H17FN2O2. The second-order valence-corrected chi connectivity index (χ2v) is 6.18. The van der Waals surface area contributed by atoms with Gasteiger partial charge in [0, 0.05) is 24.5 Å². The third kappa shape index (κ3) is 2.57. The number of pyridine rings is 1. The predicted octanol–water partition coefficient (Wildman–Crippen LogP) is 3.03. The summed E-state index contributed by atoms with van der Waals surface area (Å²) in [5.74, 6) is -0.486. The van der Waals surface area contributed by atoms with Gasteiger partial charge in [-0.05, 0) is 42.3 Å². The van der Waals surface area contributed by atoms with E-state index in [1.807, 2.05) is 34.9 Å². The van der Waals surface area contributed by atoms with E-state index in [-0.39, 0.29) is 24.3 Å². The normalized spacial score (nSPS) is 20.7. The molecule has 0 saturated carbocycles. The standard InChI is InChI=1S/C19H17FN2O2/c20-15-5-3-4-13(8-15)18-10-17(23)12-22(18)19(24)14-9-16-6-1-2-7-21(16)11-14/h1-9,11,17-18,23H,10,12H2/t17-,18+/m0/s1. The first kappa shape index (κ1) is 14.9. The molecule has 0 spiro atoms. The van der Waals surface area contributed by atoms with E-state index >= 15 is 0 Å². The summed E-state index contributed by atoms with van der Waals surface area (Å²) < 4.78 is 15.4. The number of aromatic nitrogens is 1. The van der Waals surface area contributed by atoms with Crippen molar-refractivity contribution in [2.75, 3.05) is 6.54 Å². The number of benzene rings is 1. The van der Waals surface area contributed by atoms with Crippen LogP contribution in [-0.4, -0.2) is 33.0 Å². The third-order valence-electron chi connectivity index (χ3n) is 4.52. The Bertz CT molecular complexity index is 872. The molecule has 2 atom stereocenters. The van der Waals surface area contributed by atoms with Gasteiger partial charge in [0.2, 0.25) is 0 Å². The van der Waals surface area contributed by atoms with Crippen molar-refractivity contribution in [1.82, 2.24) is 9.30 Å². The highest BCUT2D eigenvalue weighted by molar-refractivity contribution is 5.96. The van der Waals surface area contributed by atoms with Crippen molar-refractivity contribution >= 4 is 11.4 Å². The van der Waals surface area contributed by atoms with Gasteiger partial charge < -0.3 is 14.4 Å². The molecule has 0 radical (unpaired) electrons. The molecule has 1 aliphatic heterocycles. The summed E-state index contributed by atoms with van der Waals surface area (Å²) in [6, 6.07) is 13.5. The van der Waals surface area contributed by atoms with E-state index in [2.05, 4.69) is 0 Å². The van der Waals surface area contributed by atoms with Crippen LogP contribution in [0, 0.1) is 5.82 Å². The van der Waals surface area contributed by atoms with Crippen molar-refractivity contribution in [1.29, 1.82) is 0 Å². The molecule has 1 amide bonds. The Morgan fingerprint density at radius 3 is 2.83 bits per heavy atom. The van der Waals surface area contributed by atoms with Crippen molar-refractivity contribution < 1.29 is 14.3 Å². The van der Waals surface area contributed by atoms with Crippen LogP contribution in [0.1, 0.15) is 28.4 Å². The maximum absolute atomic E-state index is 13.5. The van der Waals surface area contributed by atoms with E-state index in [9.17, 15) is 14.3 Å². The van der Waals surface area contributed by atoms with E-state index in [0.717, 1.165) is 5.52 Å². The summed E-state index contributed by atoms with van der Waals surface area (Å²) in [6.45, 7) is 0.256. The van der Waals surface area contributed by atoms with Gasteiger partial charge in [-0.1, -0.05) is 18.2 Å². The smallest absolute Gasteiger partial charge is 0.256 e. The molecule has 1 fully saturated rings. The quantitative estimate of drug-likeness (QED) is 0.787. The number of carbonyl (C=O) groups is 1. The summed E-state index contributed by atoms with van der Waals surface area (Å²) in [7, 11) is 0. The van der Waals surface area contributed by atoms with Crippen molar-refractivity contribution in [3.05, 3.63) is 77.9 Å². The highest BCUT2D eigenvalue weighted by atomic mass is 19.1. The van der Waals surface area contributed by atoms with E-state index in [1.54, 1.807) is 23.2 Å². The fraction of sp³-hybridized carbons (Fsp3) is 0.211. The maximum Gasteiger partial charge on any atom is 0.256 e. The van der Waals surface area contributed by atoms with Gasteiger partial charge in [0.15, 0.2) is 0 Å². The Kier molecular flexibility index (Phi) is 3.58. The number of likely N-dealkylation sites (tertiary alicyclic amines) is 1. The number of carbonyl (C=O) groups excluding carboxylic acids is 1. The molecule has 4 rings (SSSR count). The molecule has 2 aromatic heterocycles. The van der Waals surface area contributed by atoms with E-state index in [1.165, 1.54) is 12.1 Å². The maximum atomic E-state index is 13.5. The van der Waals surface area contributed by atoms with Crippen LogP contribution in [0.4, 0.5) is 4.39 Å². The Labute approximate surface area is 138 Å². The zero-order valence-electron chi connectivity index (χ0n) is 13.0. The Balaban J connectivity index is 1.68. The van der Waals surface area contributed by atoms with Crippen molar-refractivity contribution in [3.63, 3.8) is 0 Å². The van der Waals surface area contributed by atoms with Crippen LogP contribution >= 0.6 is 0 Å². The van der Waals surface area contributed by atoms with Crippen LogP contribution < -0.4 is 0 Å². The van der Waals surface area contributed by atoms with Crippen LogP contribution in [-0.2, 0) is 0 Å². The lowest BCUT2D eigenvalue weighted by atomic mass is 10.0. The minimum atomic E-state index is -0.598. The van der Waals surface area contributed by atoms with Gasteiger partial charge in [0.05, 0.1) is 17.7 Å². The summed E-state index contributed by atoms with van der Waals surface area (Å²) in [4.78, 5) is 14.6. The molecule has 24 heavy (non-hydrogen) atoms. The number of nitrogens with zero attached hydrogens (tertiary/aromatic N) is 2. The van der Waals surface area contributed by atoms with Crippen LogP contribution in [0.25, 0.3) is 5.52 Å². The number of hydrogen-bond acceptors (Lipinski definition) is 2. The van der Waals surface area contributed by atoms with Crippen molar-refractivity contribution in [2.24, 2.45) is 0 Å². The first-order chi connectivity index (χ1) is 11.6. The zero-order valence-corrected chi connectivity index (χ0v) is 13.0. The molecule has 1 aliphatic rings. The van der Waals surface area contributed by atoms with Gasteiger partial charge in [-0.3, -0.25) is 4.79 Å². The number of hydrogen-bond donors (Lipinski definition) is 1. The Morgan fingerprint density at radius 1 is 1.17 bits per heavy atom. The fourth-order valence-corrected chi connectivity index (χ4v) is 3.41. The number of halogens is 1. The van der Waals surface area contributed by atoms with Crippen LogP contribution in [0.2, 0.25) is 0 Å². The molecular weight excluding hydrogens is 307 g/mol. The van der Waals surface area contributed by atoms with Gasteiger partial charge >= 0.3 is 0 Å². The van der Waals surface area contributed by atoms with Gasteiger partial charge in [0.1, 0.15) is 5.82 Å². The van der Waals surface area contributed by atoms with E-state index < -0.39 is 6.10 Å². The van der Waals surface area contributed by atoms with Gasteiger partial charge in [-0.15, -0.1) is 0 Å². The minimum Gasteiger partial charge on any atom is -0.391 e. The summed E-state index contributed by atoms with van der Waals surface area (Å²) in [5, 5.41) is 10.0. The molecule has 0 unspecified atom stereocenters. The summed E-state index contributed by atoms with van der Waals surface area (Å²) >= 11 is 0. The molecule has 1 aromatic carbocycles. The monoisotopic (exact) mass is 324 g/mol. The lowest BCUT2D eigenvalue weighted by Gasteiger charge is -2.24.